The Labute approximate surface area is 91.0 Å². The lowest BCUT2D eigenvalue weighted by atomic mass is 10.2. The maximum atomic E-state index is 11.3. The van der Waals surface area contributed by atoms with E-state index in [0.29, 0.717) is 13.2 Å². The van der Waals surface area contributed by atoms with Gasteiger partial charge in [0.25, 0.3) is 0 Å². The first kappa shape index (κ1) is 14.3. The fourth-order valence-electron chi connectivity index (χ4n) is 1.18. The number of hydrogen-bond donors (Lipinski definition) is 1. The molecule has 1 N–H and O–H groups in total. The summed E-state index contributed by atoms with van der Waals surface area (Å²) in [7, 11) is 3.29. The molecule has 0 aliphatic carbocycles. The first-order valence-electron chi connectivity index (χ1n) is 5.06. The van der Waals surface area contributed by atoms with Crippen molar-refractivity contribution in [2.24, 2.45) is 0 Å². The van der Waals surface area contributed by atoms with Gasteiger partial charge in [-0.25, -0.2) is 0 Å². The summed E-state index contributed by atoms with van der Waals surface area (Å²) in [4.78, 5) is 13.1. The number of nitrogens with zero attached hydrogens (tertiary/aromatic N) is 1. The van der Waals surface area contributed by atoms with Gasteiger partial charge in [0.15, 0.2) is 0 Å². The van der Waals surface area contributed by atoms with E-state index in [1.54, 1.807) is 25.8 Å². The van der Waals surface area contributed by atoms with Crippen LogP contribution in [0.25, 0.3) is 0 Å². The molecule has 0 bridgehead atoms. The average Bonchev–Trinajstić information content (AvgIpc) is 2.17. The number of rotatable bonds is 7. The van der Waals surface area contributed by atoms with Crippen LogP contribution in [0.15, 0.2) is 0 Å². The van der Waals surface area contributed by atoms with Gasteiger partial charge in [0.2, 0.25) is 0 Å². The molecule has 2 unspecified atom stereocenters. The first-order valence-corrected chi connectivity index (χ1v) is 5.06. The van der Waals surface area contributed by atoms with Crippen LogP contribution in [0.5, 0.6) is 0 Å². The molecule has 0 aliphatic rings. The fourth-order valence-corrected chi connectivity index (χ4v) is 1.18. The molecule has 0 heterocycles. The van der Waals surface area contributed by atoms with E-state index in [9.17, 15) is 9.90 Å². The molecule has 0 saturated heterocycles. The van der Waals surface area contributed by atoms with E-state index in [0.717, 1.165) is 0 Å². The van der Waals surface area contributed by atoms with Crippen molar-refractivity contribution in [2.75, 3.05) is 33.9 Å². The SMILES string of the molecule is CCOC(=O)C(C)N(C)CC(O)COC. The normalized spacial score (nSPS) is 15.1. The maximum Gasteiger partial charge on any atom is 0.323 e. The van der Waals surface area contributed by atoms with Gasteiger partial charge < -0.3 is 14.6 Å². The molecule has 5 nitrogen and oxygen atoms in total. The summed E-state index contributed by atoms with van der Waals surface area (Å²) in [5.74, 6) is -0.274. The van der Waals surface area contributed by atoms with Crippen molar-refractivity contribution >= 4 is 5.97 Å². The summed E-state index contributed by atoms with van der Waals surface area (Å²) >= 11 is 0. The molecular weight excluding hydrogens is 198 g/mol. The minimum atomic E-state index is -0.586. The quantitative estimate of drug-likeness (QED) is 0.605. The third kappa shape index (κ3) is 5.71. The molecule has 0 spiro atoms. The highest BCUT2D eigenvalue weighted by molar-refractivity contribution is 5.75. The van der Waals surface area contributed by atoms with Crippen molar-refractivity contribution in [3.63, 3.8) is 0 Å². The lowest BCUT2D eigenvalue weighted by molar-refractivity contribution is -0.148. The topological polar surface area (TPSA) is 59.0 Å². The lowest BCUT2D eigenvalue weighted by Crippen LogP contribution is -2.42. The lowest BCUT2D eigenvalue weighted by Gasteiger charge is -2.25. The van der Waals surface area contributed by atoms with E-state index in [-0.39, 0.29) is 18.6 Å². The van der Waals surface area contributed by atoms with E-state index in [1.165, 1.54) is 7.11 Å². The molecule has 15 heavy (non-hydrogen) atoms. The second kappa shape index (κ2) is 7.62. The third-order valence-electron chi connectivity index (χ3n) is 2.15. The first-order chi connectivity index (χ1) is 7.02. The van der Waals surface area contributed by atoms with Gasteiger partial charge in [-0.15, -0.1) is 0 Å². The summed E-state index contributed by atoms with van der Waals surface area (Å²) in [5, 5.41) is 9.46. The van der Waals surface area contributed by atoms with Gasteiger partial charge in [-0.3, -0.25) is 9.69 Å². The molecule has 5 heteroatoms. The largest absolute Gasteiger partial charge is 0.465 e. The fraction of sp³-hybridized carbons (Fsp3) is 0.900. The monoisotopic (exact) mass is 219 g/mol. The van der Waals surface area contributed by atoms with Gasteiger partial charge in [-0.2, -0.15) is 0 Å². The van der Waals surface area contributed by atoms with Crippen molar-refractivity contribution < 1.29 is 19.4 Å². The molecule has 0 fully saturated rings. The number of carbonyl (C=O) groups excluding carboxylic acids is 1. The highest BCUT2D eigenvalue weighted by Gasteiger charge is 2.20. The van der Waals surface area contributed by atoms with Crippen LogP contribution in [0.2, 0.25) is 0 Å². The van der Waals surface area contributed by atoms with Crippen LogP contribution in [0.4, 0.5) is 0 Å². The Morgan fingerprint density at radius 1 is 1.53 bits per heavy atom. The van der Waals surface area contributed by atoms with Crippen molar-refractivity contribution in [1.29, 1.82) is 0 Å². The van der Waals surface area contributed by atoms with Crippen LogP contribution in [0.1, 0.15) is 13.8 Å². The molecule has 0 aliphatic heterocycles. The van der Waals surface area contributed by atoms with Gasteiger partial charge in [0.05, 0.1) is 19.3 Å². The Bertz CT molecular complexity index is 186. The van der Waals surface area contributed by atoms with Crippen LogP contribution < -0.4 is 0 Å². The van der Waals surface area contributed by atoms with E-state index < -0.39 is 6.10 Å². The van der Waals surface area contributed by atoms with Crippen LogP contribution in [0, 0.1) is 0 Å². The highest BCUT2D eigenvalue weighted by atomic mass is 16.5. The maximum absolute atomic E-state index is 11.3. The molecule has 0 aromatic carbocycles. The average molecular weight is 219 g/mol. The number of aliphatic hydroxyl groups is 1. The molecule has 0 aromatic rings. The number of aliphatic hydroxyl groups excluding tert-OH is 1. The molecule has 0 saturated carbocycles. The second-order valence-corrected chi connectivity index (χ2v) is 3.48. The van der Waals surface area contributed by atoms with Crippen molar-refractivity contribution in [3.05, 3.63) is 0 Å². The predicted octanol–water partition coefficient (Wildman–Crippen LogP) is -0.123. The Morgan fingerprint density at radius 3 is 2.60 bits per heavy atom. The number of ether oxygens (including phenoxy) is 2. The second-order valence-electron chi connectivity index (χ2n) is 3.48. The van der Waals surface area contributed by atoms with Gasteiger partial charge >= 0.3 is 5.97 Å². The van der Waals surface area contributed by atoms with Crippen molar-refractivity contribution in [1.82, 2.24) is 4.90 Å². The Morgan fingerprint density at radius 2 is 2.13 bits per heavy atom. The summed E-state index contributed by atoms with van der Waals surface area (Å²) in [5.41, 5.74) is 0. The minimum Gasteiger partial charge on any atom is -0.465 e. The third-order valence-corrected chi connectivity index (χ3v) is 2.15. The Hall–Kier alpha value is -0.650. The predicted molar refractivity (Wildman–Crippen MR) is 56.6 cm³/mol. The van der Waals surface area contributed by atoms with Gasteiger partial charge in [0, 0.05) is 13.7 Å². The number of hydrogen-bond acceptors (Lipinski definition) is 5. The molecule has 0 radical (unpaired) electrons. The van der Waals surface area contributed by atoms with E-state index in [1.807, 2.05) is 0 Å². The van der Waals surface area contributed by atoms with Crippen molar-refractivity contribution in [2.45, 2.75) is 26.0 Å². The Balaban J connectivity index is 3.97. The summed E-state index contributed by atoms with van der Waals surface area (Å²) < 4.78 is 9.67. The Kier molecular flexibility index (Phi) is 7.29. The van der Waals surface area contributed by atoms with E-state index in [4.69, 9.17) is 9.47 Å². The van der Waals surface area contributed by atoms with Gasteiger partial charge in [-0.1, -0.05) is 0 Å². The molecular formula is C10H21NO4. The highest BCUT2D eigenvalue weighted by Crippen LogP contribution is 2.00. The number of methoxy groups -OCH3 is 1. The van der Waals surface area contributed by atoms with Crippen LogP contribution in [-0.2, 0) is 14.3 Å². The molecule has 90 valence electrons. The zero-order chi connectivity index (χ0) is 11.8. The van der Waals surface area contributed by atoms with Crippen LogP contribution >= 0.6 is 0 Å². The smallest absolute Gasteiger partial charge is 0.323 e. The summed E-state index contributed by atoms with van der Waals surface area (Å²) in [6.07, 6.45) is -0.586. The zero-order valence-corrected chi connectivity index (χ0v) is 9.90. The molecule has 0 amide bonds. The zero-order valence-electron chi connectivity index (χ0n) is 9.90. The van der Waals surface area contributed by atoms with E-state index in [2.05, 4.69) is 0 Å². The standard InChI is InChI=1S/C10H21NO4/c1-5-15-10(13)8(2)11(3)6-9(12)7-14-4/h8-9,12H,5-7H2,1-4H3. The minimum absolute atomic E-state index is 0.264. The summed E-state index contributed by atoms with van der Waals surface area (Å²) in [6, 6.07) is -0.351. The molecule has 0 rings (SSSR count). The van der Waals surface area contributed by atoms with Crippen LogP contribution in [0.3, 0.4) is 0 Å². The number of likely N-dealkylation sites (N-methyl/N-ethyl adjacent to an activating group) is 1. The van der Waals surface area contributed by atoms with Crippen molar-refractivity contribution in [3.8, 4) is 0 Å². The van der Waals surface area contributed by atoms with E-state index >= 15 is 0 Å². The van der Waals surface area contributed by atoms with Gasteiger partial charge in [0.1, 0.15) is 6.04 Å². The van der Waals surface area contributed by atoms with Crippen LogP contribution in [-0.4, -0.2) is 62.0 Å². The summed E-state index contributed by atoms with van der Waals surface area (Å²) in [6.45, 7) is 4.53. The molecule has 2 atom stereocenters. The number of carbonyl (C=O) groups is 1. The molecule has 0 aromatic heterocycles. The number of esters is 1. The van der Waals surface area contributed by atoms with Gasteiger partial charge in [-0.05, 0) is 20.9 Å².